The Labute approximate surface area is 257 Å². The summed E-state index contributed by atoms with van der Waals surface area (Å²) in [6, 6.07) is 12.1. The third kappa shape index (κ3) is 8.53. The van der Waals surface area contributed by atoms with E-state index in [2.05, 4.69) is 59.4 Å². The van der Waals surface area contributed by atoms with Crippen LogP contribution in [0, 0.1) is 11.6 Å². The van der Waals surface area contributed by atoms with E-state index in [0.717, 1.165) is 0 Å². The summed E-state index contributed by atoms with van der Waals surface area (Å²) in [4.78, 5) is 35.8. The Hall–Kier alpha value is -4.05. The fraction of sp³-hybridized carbons (Fsp3) is 0.400. The number of benzene rings is 2. The lowest BCUT2D eigenvalue weighted by atomic mass is 9.94. The molecule has 10 nitrogen and oxygen atoms in total. The van der Waals surface area contributed by atoms with Crippen molar-refractivity contribution < 1.29 is 27.8 Å². The number of hydrogen-bond acceptors (Lipinski definition) is 8. The third-order valence-corrected chi connectivity index (χ3v) is 10.1. The Morgan fingerprint density at radius 2 is 1.00 bits per heavy atom. The van der Waals surface area contributed by atoms with Gasteiger partial charge in [-0.3, -0.25) is 0 Å². The first-order valence-electron chi connectivity index (χ1n) is 14.2. The van der Waals surface area contributed by atoms with E-state index in [1.165, 1.54) is 58.9 Å². The quantitative estimate of drug-likeness (QED) is 0.115. The molecule has 0 aliphatic rings. The van der Waals surface area contributed by atoms with Crippen LogP contribution in [0.4, 0.5) is 8.78 Å². The van der Waals surface area contributed by atoms with E-state index in [1.807, 2.05) is 0 Å². The second-order valence-corrected chi connectivity index (χ2v) is 24.4. The van der Waals surface area contributed by atoms with Gasteiger partial charge in [-0.1, -0.05) is 63.5 Å². The molecule has 2 aromatic heterocycles. The Bertz CT molecular complexity index is 1420. The molecule has 0 amide bonds. The number of hydrogen-bond donors (Lipinski definition) is 0. The van der Waals surface area contributed by atoms with Gasteiger partial charge in [0.15, 0.2) is 11.2 Å². The van der Waals surface area contributed by atoms with Gasteiger partial charge in [-0.05, 0) is 47.5 Å². The Morgan fingerprint density at radius 3 is 1.27 bits per heavy atom. The molecule has 0 N–H and O–H groups in total. The molecule has 14 heteroatoms. The second kappa shape index (κ2) is 12.9. The summed E-state index contributed by atoms with van der Waals surface area (Å²) >= 11 is 0. The number of carbonyl (C=O) groups excluding carboxylic acids is 2. The molecule has 0 fully saturated rings. The van der Waals surface area contributed by atoms with Crippen LogP contribution in [0.25, 0.3) is 0 Å². The van der Waals surface area contributed by atoms with Crippen molar-refractivity contribution in [2.24, 2.45) is 0 Å². The van der Waals surface area contributed by atoms with Crippen LogP contribution < -0.4 is 0 Å². The highest BCUT2D eigenvalue weighted by molar-refractivity contribution is 6.76. The van der Waals surface area contributed by atoms with Crippen LogP contribution in [0.1, 0.15) is 11.1 Å². The van der Waals surface area contributed by atoms with Gasteiger partial charge in [0.25, 0.3) is 0 Å². The Kier molecular flexibility index (Phi) is 9.63. The molecule has 44 heavy (non-hydrogen) atoms. The van der Waals surface area contributed by atoms with E-state index in [0.29, 0.717) is 23.2 Å². The molecule has 4 aromatic rings. The van der Waals surface area contributed by atoms with Crippen molar-refractivity contribution in [3.63, 3.8) is 0 Å². The molecule has 2 unspecified atom stereocenters. The van der Waals surface area contributed by atoms with Gasteiger partial charge in [-0.2, -0.15) is 10.2 Å². The molecule has 2 heterocycles. The maximum Gasteiger partial charge on any atom is 0.418 e. The summed E-state index contributed by atoms with van der Waals surface area (Å²) in [7, 11) is -4.07. The molecule has 234 valence electrons. The van der Waals surface area contributed by atoms with Crippen LogP contribution >= 0.6 is 0 Å². The topological polar surface area (TPSA) is 114 Å². The first-order chi connectivity index (χ1) is 20.6. The SMILES string of the molecule is C[Si](C)(C)CC(Cn1cncn1)(OC(=O)C(=O)OC(Cn1cncn1)(C[Si](C)(C)C)c1ccc(F)cc1)c1ccc(F)cc1. The van der Waals surface area contributed by atoms with Gasteiger partial charge in [0, 0.05) is 16.1 Å². The van der Waals surface area contributed by atoms with Crippen LogP contribution in [0.15, 0.2) is 73.8 Å². The molecule has 4 rings (SSSR count). The van der Waals surface area contributed by atoms with Crippen molar-refractivity contribution >= 4 is 28.1 Å². The highest BCUT2D eigenvalue weighted by atomic mass is 28.3. The summed E-state index contributed by atoms with van der Waals surface area (Å²) in [6.07, 6.45) is 5.69. The van der Waals surface area contributed by atoms with Gasteiger partial charge in [-0.25, -0.2) is 37.7 Å². The number of ether oxygens (including phenoxy) is 2. The average molecular weight is 641 g/mol. The fourth-order valence-electron chi connectivity index (χ4n) is 5.56. The van der Waals surface area contributed by atoms with Crippen molar-refractivity contribution in [2.75, 3.05) is 0 Å². The Balaban J connectivity index is 1.77. The summed E-state index contributed by atoms with van der Waals surface area (Å²) in [5, 5.41) is 8.42. The zero-order valence-corrected chi connectivity index (χ0v) is 27.8. The normalized spacial score (nSPS) is 14.8. The van der Waals surface area contributed by atoms with Gasteiger partial charge in [0.2, 0.25) is 0 Å². The third-order valence-electron chi connectivity index (χ3n) is 6.88. The van der Waals surface area contributed by atoms with Crippen LogP contribution in [-0.4, -0.2) is 57.6 Å². The minimum atomic E-state index is -2.04. The van der Waals surface area contributed by atoms with E-state index >= 15 is 0 Å². The number of nitrogens with zero attached hydrogens (tertiary/aromatic N) is 6. The largest absolute Gasteiger partial charge is 0.444 e. The highest BCUT2D eigenvalue weighted by Gasteiger charge is 2.47. The minimum Gasteiger partial charge on any atom is -0.444 e. The summed E-state index contributed by atoms with van der Waals surface area (Å²) < 4.78 is 43.4. The molecular formula is C30H38F2N6O4Si2. The van der Waals surface area contributed by atoms with Gasteiger partial charge >= 0.3 is 11.9 Å². The molecule has 0 saturated heterocycles. The highest BCUT2D eigenvalue weighted by Crippen LogP contribution is 2.40. The standard InChI is InChI=1S/C30H38F2N6O4Si2/c1-43(2,3)17-29(15-37-21-33-19-35-37,23-7-11-25(31)12-8-23)41-27(39)28(40)42-30(18-44(4,5)6,16-38-22-34-20-36-38)24-9-13-26(32)14-10-24/h7-14,19-22H,15-18H2,1-6H3. The maximum absolute atomic E-state index is 14.0. The zero-order chi connectivity index (χ0) is 32.2. The van der Waals surface area contributed by atoms with Crippen molar-refractivity contribution in [3.05, 3.63) is 96.6 Å². The van der Waals surface area contributed by atoms with Gasteiger partial charge in [0.1, 0.15) is 36.9 Å². The molecule has 0 aliphatic heterocycles. The molecular weight excluding hydrogens is 603 g/mol. The van der Waals surface area contributed by atoms with Gasteiger partial charge in [0.05, 0.1) is 13.1 Å². The fourth-order valence-corrected chi connectivity index (χ4v) is 9.77. The Morgan fingerprint density at radius 1 is 0.659 bits per heavy atom. The molecule has 0 aliphatic carbocycles. The lowest BCUT2D eigenvalue weighted by Crippen LogP contribution is -2.47. The minimum absolute atomic E-state index is 0.0406. The second-order valence-electron chi connectivity index (χ2n) is 13.4. The van der Waals surface area contributed by atoms with E-state index < -0.39 is 50.9 Å². The van der Waals surface area contributed by atoms with E-state index in [1.54, 1.807) is 24.3 Å². The van der Waals surface area contributed by atoms with Crippen molar-refractivity contribution in [3.8, 4) is 0 Å². The molecule has 0 bridgehead atoms. The number of aromatic nitrogens is 6. The zero-order valence-electron chi connectivity index (χ0n) is 25.8. The van der Waals surface area contributed by atoms with Crippen LogP contribution in [0.2, 0.25) is 51.4 Å². The van der Waals surface area contributed by atoms with Gasteiger partial charge < -0.3 is 9.47 Å². The first kappa shape index (κ1) is 32.9. The smallest absolute Gasteiger partial charge is 0.418 e. The number of rotatable bonds is 12. The lowest BCUT2D eigenvalue weighted by molar-refractivity contribution is -0.187. The number of carbonyl (C=O) groups is 2. The summed E-state index contributed by atoms with van der Waals surface area (Å²) in [5.41, 5.74) is -1.75. The number of esters is 2. The molecule has 0 saturated carbocycles. The molecule has 2 atom stereocenters. The predicted molar refractivity (Wildman–Crippen MR) is 165 cm³/mol. The van der Waals surface area contributed by atoms with E-state index in [-0.39, 0.29) is 13.1 Å². The summed E-state index contributed by atoms with van der Waals surface area (Å²) in [6.45, 7) is 12.7. The van der Waals surface area contributed by atoms with Crippen LogP contribution in [0.5, 0.6) is 0 Å². The van der Waals surface area contributed by atoms with Crippen molar-refractivity contribution in [1.29, 1.82) is 0 Å². The van der Waals surface area contributed by atoms with Crippen LogP contribution in [-0.2, 0) is 43.4 Å². The molecule has 2 aromatic carbocycles. The molecule has 0 spiro atoms. The average Bonchev–Trinajstić information content (AvgIpc) is 3.62. The van der Waals surface area contributed by atoms with E-state index in [9.17, 15) is 18.4 Å². The predicted octanol–water partition coefficient (Wildman–Crippen LogP) is 5.40. The van der Waals surface area contributed by atoms with Crippen molar-refractivity contribution in [1.82, 2.24) is 29.5 Å². The lowest BCUT2D eigenvalue weighted by Gasteiger charge is -2.39. The van der Waals surface area contributed by atoms with E-state index in [4.69, 9.17) is 9.47 Å². The first-order valence-corrected chi connectivity index (χ1v) is 21.6. The van der Waals surface area contributed by atoms with Crippen LogP contribution in [0.3, 0.4) is 0 Å². The summed E-state index contributed by atoms with van der Waals surface area (Å²) in [5.74, 6) is -3.34. The molecule has 0 radical (unpaired) electrons. The monoisotopic (exact) mass is 640 g/mol. The van der Waals surface area contributed by atoms with Crippen molar-refractivity contribution in [2.45, 2.75) is 75.7 Å². The number of halogens is 2. The van der Waals surface area contributed by atoms with Gasteiger partial charge in [-0.15, -0.1) is 0 Å². The maximum atomic E-state index is 14.0.